The Morgan fingerprint density at radius 1 is 1.05 bits per heavy atom. The van der Waals surface area contributed by atoms with E-state index in [4.69, 9.17) is 23.2 Å². The quantitative estimate of drug-likeness (QED) is 0.233. The van der Waals surface area contributed by atoms with Crippen molar-refractivity contribution in [3.05, 3.63) is 99.8 Å². The van der Waals surface area contributed by atoms with Crippen LogP contribution in [-0.2, 0) is 19.6 Å². The summed E-state index contributed by atoms with van der Waals surface area (Å²) in [5, 5.41) is 11.0. The maximum atomic E-state index is 15.1. The number of likely N-dealkylation sites (tertiary alicyclic amines) is 1. The van der Waals surface area contributed by atoms with E-state index in [2.05, 4.69) is 0 Å². The fraction of sp³-hybridized carbons (Fsp3) is 0.394. The molecule has 234 valence electrons. The van der Waals surface area contributed by atoms with Crippen LogP contribution in [0.1, 0.15) is 62.1 Å². The highest BCUT2D eigenvalue weighted by molar-refractivity contribution is 7.92. The Bertz CT molecular complexity index is 1650. The normalized spacial score (nSPS) is 22.9. The summed E-state index contributed by atoms with van der Waals surface area (Å²) in [6.45, 7) is 1.63. The molecule has 1 amide bonds. The first-order valence-corrected chi connectivity index (χ1v) is 17.2. The molecule has 5 rings (SSSR count). The third kappa shape index (κ3) is 6.60. The monoisotopic (exact) mass is 660 g/mol. The molecule has 7 nitrogen and oxygen atoms in total. The molecule has 1 saturated carbocycles. The van der Waals surface area contributed by atoms with Gasteiger partial charge in [-0.1, -0.05) is 66.5 Å². The Balaban J connectivity index is 1.73. The third-order valence-corrected chi connectivity index (χ3v) is 10.7. The molecule has 11 heteroatoms. The van der Waals surface area contributed by atoms with E-state index in [-0.39, 0.29) is 49.2 Å². The number of nitrogens with zero attached hydrogens (tertiary/aromatic N) is 2. The van der Waals surface area contributed by atoms with E-state index < -0.39 is 39.3 Å². The average Bonchev–Trinajstić information content (AvgIpc) is 3.81. The maximum absolute atomic E-state index is 15.1. The Labute approximate surface area is 267 Å². The lowest BCUT2D eigenvalue weighted by molar-refractivity contribution is -0.162. The molecule has 0 bridgehead atoms. The maximum Gasteiger partial charge on any atom is 0.304 e. The van der Waals surface area contributed by atoms with Gasteiger partial charge in [0.2, 0.25) is 15.9 Å². The van der Waals surface area contributed by atoms with Gasteiger partial charge in [-0.15, -0.1) is 0 Å². The average molecular weight is 662 g/mol. The predicted molar refractivity (Wildman–Crippen MR) is 170 cm³/mol. The highest BCUT2D eigenvalue weighted by Gasteiger charge is 2.56. The van der Waals surface area contributed by atoms with Crippen LogP contribution >= 0.6 is 23.2 Å². The van der Waals surface area contributed by atoms with Crippen molar-refractivity contribution in [3.8, 4) is 0 Å². The molecule has 2 fully saturated rings. The van der Waals surface area contributed by atoms with E-state index in [9.17, 15) is 23.1 Å². The van der Waals surface area contributed by atoms with Crippen LogP contribution in [0.15, 0.2) is 72.8 Å². The van der Waals surface area contributed by atoms with Gasteiger partial charge in [0.05, 0.1) is 42.4 Å². The Morgan fingerprint density at radius 3 is 2.30 bits per heavy atom. The number of sulfonamides is 1. The van der Waals surface area contributed by atoms with Crippen LogP contribution in [-0.4, -0.2) is 49.1 Å². The fourth-order valence-electron chi connectivity index (χ4n) is 6.70. The van der Waals surface area contributed by atoms with Crippen molar-refractivity contribution in [2.75, 3.05) is 17.1 Å². The molecule has 1 N–H and O–H groups in total. The van der Waals surface area contributed by atoms with E-state index in [0.29, 0.717) is 10.0 Å². The number of hydrogen-bond acceptors (Lipinski definition) is 4. The van der Waals surface area contributed by atoms with Gasteiger partial charge in [-0.3, -0.25) is 13.9 Å². The molecular formula is C33H35Cl2FN2O5S. The second-order valence-corrected chi connectivity index (χ2v) is 14.7. The molecule has 44 heavy (non-hydrogen) atoms. The largest absolute Gasteiger partial charge is 0.481 e. The number of anilines is 1. The molecular weight excluding hydrogens is 626 g/mol. The highest BCUT2D eigenvalue weighted by atomic mass is 35.5. The Morgan fingerprint density at radius 2 is 1.73 bits per heavy atom. The highest BCUT2D eigenvalue weighted by Crippen LogP contribution is 2.55. The summed E-state index contributed by atoms with van der Waals surface area (Å²) in [7, 11) is -3.98. The van der Waals surface area contributed by atoms with Crippen LogP contribution in [0.4, 0.5) is 10.1 Å². The number of hydrogen-bond donors (Lipinski definition) is 1. The van der Waals surface area contributed by atoms with Crippen LogP contribution in [0, 0.1) is 17.2 Å². The molecule has 1 saturated heterocycles. The standard InChI is InChI=1S/C33H35Cl2FN2O5S/c1-3-33(19-30(39)40)18-26(23-7-6-8-25(35)17-23)31(22-13-15-24(34)16-14-22)38(32(33)41)29(21-11-12-21)20-37(44(2,42)43)28-10-5-4-9-27(28)36/h4-10,13-17,21,26,29,31H,3,11-12,18-20H2,1-2H3,(H,39,40)/t26-,29-,31?,33?/m1/s1. The molecule has 0 radical (unpaired) electrons. The number of halogens is 3. The summed E-state index contributed by atoms with van der Waals surface area (Å²) in [4.78, 5) is 28.9. The molecule has 2 unspecified atom stereocenters. The van der Waals surface area contributed by atoms with Gasteiger partial charge in [-0.2, -0.15) is 0 Å². The minimum Gasteiger partial charge on any atom is -0.481 e. The van der Waals surface area contributed by atoms with Gasteiger partial charge in [0, 0.05) is 16.0 Å². The first-order valence-electron chi connectivity index (χ1n) is 14.6. The summed E-state index contributed by atoms with van der Waals surface area (Å²) < 4.78 is 42.6. The summed E-state index contributed by atoms with van der Waals surface area (Å²) in [5.41, 5.74) is 0.242. The first-order chi connectivity index (χ1) is 20.8. The number of aliphatic carboxylic acids is 1. The van der Waals surface area contributed by atoms with Gasteiger partial charge in [0.15, 0.2) is 0 Å². The van der Waals surface area contributed by atoms with Gasteiger partial charge in [-0.05, 0) is 79.1 Å². The molecule has 0 aromatic heterocycles. The number of carbonyl (C=O) groups is 2. The molecule has 4 atom stereocenters. The Kier molecular flexibility index (Phi) is 9.31. The molecule has 3 aromatic carbocycles. The molecule has 0 spiro atoms. The van der Waals surface area contributed by atoms with Gasteiger partial charge >= 0.3 is 5.97 Å². The van der Waals surface area contributed by atoms with Crippen molar-refractivity contribution in [1.82, 2.24) is 4.90 Å². The van der Waals surface area contributed by atoms with Crippen molar-refractivity contribution >= 4 is 50.8 Å². The van der Waals surface area contributed by atoms with E-state index in [1.807, 2.05) is 37.3 Å². The smallest absolute Gasteiger partial charge is 0.304 e. The number of rotatable bonds is 11. The lowest BCUT2D eigenvalue weighted by Gasteiger charge is -2.53. The number of para-hydroxylation sites is 1. The first kappa shape index (κ1) is 32.3. The van der Waals surface area contributed by atoms with Gasteiger partial charge in [-0.25, -0.2) is 12.8 Å². The molecule has 1 aliphatic carbocycles. The van der Waals surface area contributed by atoms with Crippen molar-refractivity contribution in [2.45, 2.75) is 57.0 Å². The van der Waals surface area contributed by atoms with E-state index in [0.717, 1.165) is 34.5 Å². The van der Waals surface area contributed by atoms with E-state index in [1.165, 1.54) is 18.2 Å². The molecule has 3 aromatic rings. The number of carboxylic acid groups (broad SMARTS) is 1. The predicted octanol–water partition coefficient (Wildman–Crippen LogP) is 7.31. The van der Waals surface area contributed by atoms with E-state index in [1.54, 1.807) is 29.2 Å². The van der Waals surface area contributed by atoms with Crippen LogP contribution in [0.2, 0.25) is 10.0 Å². The number of carboxylic acids is 1. The lowest BCUT2D eigenvalue weighted by atomic mass is 9.64. The zero-order valence-electron chi connectivity index (χ0n) is 24.5. The van der Waals surface area contributed by atoms with Crippen LogP contribution in [0.3, 0.4) is 0 Å². The van der Waals surface area contributed by atoms with Crippen molar-refractivity contribution in [3.63, 3.8) is 0 Å². The molecule has 2 aliphatic rings. The zero-order chi connectivity index (χ0) is 31.8. The van der Waals surface area contributed by atoms with Crippen molar-refractivity contribution < 1.29 is 27.5 Å². The summed E-state index contributed by atoms with van der Waals surface area (Å²) in [6, 6.07) is 18.9. The topological polar surface area (TPSA) is 95.0 Å². The number of benzene rings is 3. The van der Waals surface area contributed by atoms with E-state index >= 15 is 4.39 Å². The number of piperidine rings is 1. The second kappa shape index (κ2) is 12.7. The molecule has 1 aliphatic heterocycles. The third-order valence-electron chi connectivity index (χ3n) is 9.03. The summed E-state index contributed by atoms with van der Waals surface area (Å²) in [6.07, 6.45) is 2.64. The number of carbonyl (C=O) groups excluding carboxylic acids is 1. The van der Waals surface area contributed by atoms with Gasteiger partial charge in [0.1, 0.15) is 5.82 Å². The second-order valence-electron chi connectivity index (χ2n) is 11.9. The minimum atomic E-state index is -3.98. The fourth-order valence-corrected chi connectivity index (χ4v) is 7.95. The van der Waals surface area contributed by atoms with Gasteiger partial charge < -0.3 is 10.0 Å². The van der Waals surface area contributed by atoms with Crippen LogP contribution in [0.25, 0.3) is 0 Å². The van der Waals surface area contributed by atoms with Crippen LogP contribution in [0.5, 0.6) is 0 Å². The lowest BCUT2D eigenvalue weighted by Crippen LogP contribution is -2.60. The minimum absolute atomic E-state index is 0.0673. The van der Waals surface area contributed by atoms with Crippen molar-refractivity contribution in [1.29, 1.82) is 0 Å². The van der Waals surface area contributed by atoms with Crippen molar-refractivity contribution in [2.24, 2.45) is 11.3 Å². The SMILES string of the molecule is CCC1(CC(=O)O)C[C@H](c2cccc(Cl)c2)C(c2ccc(Cl)cc2)N([C@H](CN(c2ccccc2F)S(C)(=O)=O)C2CC2)C1=O. The summed E-state index contributed by atoms with van der Waals surface area (Å²) in [5.74, 6) is -2.59. The number of amides is 1. The van der Waals surface area contributed by atoms with Crippen LogP contribution < -0.4 is 4.31 Å². The Hall–Kier alpha value is -3.14. The summed E-state index contributed by atoms with van der Waals surface area (Å²) >= 11 is 12.7. The van der Waals surface area contributed by atoms with Gasteiger partial charge in [0.25, 0.3) is 0 Å². The molecule has 1 heterocycles. The zero-order valence-corrected chi connectivity index (χ0v) is 26.8.